The number of aliphatic hydroxyl groups is 3. The van der Waals surface area contributed by atoms with E-state index in [9.17, 15) is 68.7 Å². The number of carbonyl (C=O) groups excluding carboxylic acids is 9. The first-order valence-corrected chi connectivity index (χ1v) is 34.7. The summed E-state index contributed by atoms with van der Waals surface area (Å²) in [5.74, 6) is -10.8. The van der Waals surface area contributed by atoms with Gasteiger partial charge in [-0.2, -0.15) is 0 Å². The molecule has 1 fully saturated rings. The fourth-order valence-electron chi connectivity index (χ4n) is 13.2. The highest BCUT2D eigenvalue weighted by Crippen LogP contribution is 2.51. The van der Waals surface area contributed by atoms with Crippen LogP contribution in [0.1, 0.15) is 115 Å². The van der Waals surface area contributed by atoms with Gasteiger partial charge in [0, 0.05) is 136 Å². The maximum atomic E-state index is 15.1. The number of nitrogens with two attached hydrogens (primary N) is 1. The summed E-state index contributed by atoms with van der Waals surface area (Å²) < 4.78 is 30.3. The van der Waals surface area contributed by atoms with Crippen molar-refractivity contribution in [3.63, 3.8) is 0 Å². The number of urea groups is 1. The number of phenols is 2. The number of imide groups is 1. The number of nitrogens with zero attached hydrogens (tertiary/aromatic N) is 4. The Bertz CT molecular complexity index is 4260. The number of allylic oxidation sites excluding steroid dienone is 2. The predicted octanol–water partition coefficient (Wildman–Crippen LogP) is 6.04. The van der Waals surface area contributed by atoms with Crippen molar-refractivity contribution < 1.29 is 92.0 Å². The van der Waals surface area contributed by atoms with E-state index in [-0.39, 0.29) is 133 Å². The van der Waals surface area contributed by atoms with Crippen LogP contribution < -0.4 is 47.4 Å². The lowest BCUT2D eigenvalue weighted by atomic mass is 9.78. The van der Waals surface area contributed by atoms with Gasteiger partial charge in [0.1, 0.15) is 52.8 Å². The van der Waals surface area contributed by atoms with Gasteiger partial charge in [-0.05, 0) is 69.2 Å². The van der Waals surface area contributed by atoms with E-state index in [1.807, 2.05) is 4.90 Å². The van der Waals surface area contributed by atoms with Crippen molar-refractivity contribution >= 4 is 92.3 Å². The minimum atomic E-state index is -2.15. The molecule has 0 saturated carbocycles. The second-order valence-corrected chi connectivity index (χ2v) is 27.4. The Hall–Kier alpha value is -10.4. The number of benzene rings is 4. The van der Waals surface area contributed by atoms with Gasteiger partial charge in [0.15, 0.2) is 11.3 Å². The first kappa shape index (κ1) is 77.7. The Labute approximate surface area is 600 Å². The van der Waals surface area contributed by atoms with Crippen LogP contribution in [0.2, 0.25) is 0 Å². The Morgan fingerprint density at radius 2 is 1.50 bits per heavy atom. The lowest BCUT2D eigenvalue weighted by molar-refractivity contribution is -0.137. The van der Waals surface area contributed by atoms with Gasteiger partial charge in [-0.25, -0.2) is 14.6 Å². The van der Waals surface area contributed by atoms with E-state index in [1.165, 1.54) is 69.2 Å². The Morgan fingerprint density at radius 1 is 0.827 bits per heavy atom. The highest BCUT2D eigenvalue weighted by molar-refractivity contribution is 6.22. The number of nitrogens with one attached hydrogen (secondary N) is 5. The van der Waals surface area contributed by atoms with Crippen LogP contribution in [-0.4, -0.2) is 182 Å². The molecule has 5 heterocycles. The number of rotatable bonds is 20. The first-order valence-electron chi connectivity index (χ1n) is 34.7. The molecule has 0 spiro atoms. The molecule has 0 unspecified atom stereocenters. The fourth-order valence-corrected chi connectivity index (χ4v) is 13.2. The van der Waals surface area contributed by atoms with Gasteiger partial charge < -0.3 is 91.0 Å². The molecule has 6 aliphatic rings. The van der Waals surface area contributed by atoms with Crippen molar-refractivity contribution in [3.8, 4) is 28.7 Å². The number of hydrogen-bond acceptors (Lipinski definition) is 22. The molecule has 3 aromatic carbocycles. The molecule has 0 aromatic heterocycles. The molecular weight excluding hydrogens is 1350 g/mol. The third-order valence-corrected chi connectivity index (χ3v) is 19.7. The van der Waals surface area contributed by atoms with Gasteiger partial charge in [-0.1, -0.05) is 78.3 Å². The molecular formula is C74H92N10O20. The van der Waals surface area contributed by atoms with Crippen molar-refractivity contribution in [3.05, 3.63) is 112 Å². The number of anilines is 3. The number of aliphatic hydroxyl groups excluding tert-OH is 3. The molecule has 5 aliphatic heterocycles. The van der Waals surface area contributed by atoms with E-state index in [1.54, 1.807) is 78.0 Å². The summed E-state index contributed by atoms with van der Waals surface area (Å²) in [6.45, 7) is 15.4. The zero-order chi connectivity index (χ0) is 75.8. The number of carbonyl (C=O) groups is 9. The smallest absolute Gasteiger partial charge is 0.410 e. The van der Waals surface area contributed by atoms with Gasteiger partial charge >= 0.3 is 17.9 Å². The monoisotopic (exact) mass is 1440 g/mol. The fraction of sp³-hybridized carbons (Fsp3) is 0.473. The van der Waals surface area contributed by atoms with Gasteiger partial charge in [0.05, 0.1) is 41.6 Å². The molecule has 1 saturated heterocycles. The minimum Gasteiger partial charge on any atom is -0.507 e. The van der Waals surface area contributed by atoms with Crippen LogP contribution in [0.5, 0.6) is 17.2 Å². The molecule has 1 aliphatic carbocycles. The molecule has 9 amide bonds. The number of hydrogen-bond donors (Lipinski definition) is 11. The average molecular weight is 1440 g/mol. The lowest BCUT2D eigenvalue weighted by Gasteiger charge is -2.36. The molecule has 0 radical (unpaired) electrons. The molecule has 9 rings (SSSR count). The number of unbranched alkanes of at least 4 members (excludes halogenated alkanes) is 2. The third-order valence-electron chi connectivity index (χ3n) is 19.7. The van der Waals surface area contributed by atoms with E-state index in [2.05, 4.69) is 26.6 Å². The number of primary amides is 1. The van der Waals surface area contributed by atoms with Crippen LogP contribution in [0.3, 0.4) is 0 Å². The molecule has 30 nitrogen and oxygen atoms in total. The second-order valence-electron chi connectivity index (χ2n) is 27.4. The Balaban J connectivity index is 0.892. The molecule has 3 aromatic rings. The van der Waals surface area contributed by atoms with E-state index in [0.29, 0.717) is 36.2 Å². The number of aromatic hydroxyl groups is 2. The summed E-state index contributed by atoms with van der Waals surface area (Å²) in [6.07, 6.45) is 6.60. The van der Waals surface area contributed by atoms with Gasteiger partial charge in [0.25, 0.3) is 23.5 Å². The van der Waals surface area contributed by atoms with Crippen molar-refractivity contribution in [2.24, 2.45) is 35.3 Å². The standard InChI is InChI=1S/C74H92N10O20/c1-37(2)57(79-51(86)19-12-11-13-28-84-52(87)24-25-53(84)88)71(97)78-47(18-15-27-76-72(75)98)70(96)77-45-22-20-44(21-23-45)36-101-73(99)83-31-29-82(30-32-83)46-34-48(85)58-50(35-46)103-67-59(80-58)54-55-64(92)43(8)66-56(54)68(94)74(9,104-66)102-33-26-49(100-10)40(5)62(90)42(7)63(91)41(6)61(89)38(3)16-14-17-39(4)69(95)81-60(67)65(55)93/h14,16-17,20-26,33-35,37-38,40-42,47,49,57,61-63,85,89-92H,11-13,15,18-19,27-32,36H2,1-10H3,(H,77,96)(H,78,97)(H,79,86)(H,81,95)(H3,75,76,98)/b16-14+,33-26+,39-17-/t38-,40+,41+,42-,47-,49-,57-,61-,62+,63+,74-/m0/s1. The molecule has 12 N–H and O–H groups in total. The summed E-state index contributed by atoms with van der Waals surface area (Å²) in [5.41, 5.74) is 4.48. The largest absolute Gasteiger partial charge is 0.507 e. The van der Waals surface area contributed by atoms with E-state index >= 15 is 4.79 Å². The van der Waals surface area contributed by atoms with Gasteiger partial charge in [-0.3, -0.25) is 43.3 Å². The summed E-state index contributed by atoms with van der Waals surface area (Å²) in [4.78, 5) is 143. The number of fused-ring (bicyclic) bond motifs is 2. The predicted molar refractivity (Wildman–Crippen MR) is 382 cm³/mol. The van der Waals surface area contributed by atoms with Crippen LogP contribution in [0, 0.1) is 36.5 Å². The van der Waals surface area contributed by atoms with Crippen molar-refractivity contribution in [2.75, 3.05) is 61.9 Å². The highest BCUT2D eigenvalue weighted by Gasteiger charge is 2.50. The van der Waals surface area contributed by atoms with Crippen molar-refractivity contribution in [2.45, 2.75) is 150 Å². The number of Topliss-reactive ketones (excluding diaryl/α,β-unsaturated/α-hetero) is 1. The van der Waals surface area contributed by atoms with Crippen LogP contribution in [0.4, 0.5) is 26.7 Å². The maximum Gasteiger partial charge on any atom is 0.410 e. The Kier molecular flexibility index (Phi) is 24.9. The number of piperazine rings is 1. The minimum absolute atomic E-state index is 0.0307. The van der Waals surface area contributed by atoms with Crippen LogP contribution in [-0.2, 0) is 49.6 Å². The zero-order valence-corrected chi connectivity index (χ0v) is 59.8. The highest BCUT2D eigenvalue weighted by atomic mass is 16.7. The third kappa shape index (κ3) is 17.3. The molecule has 4 bridgehead atoms. The maximum absolute atomic E-state index is 15.1. The Morgan fingerprint density at radius 3 is 2.16 bits per heavy atom. The van der Waals surface area contributed by atoms with Crippen LogP contribution in [0.25, 0.3) is 33.3 Å². The quantitative estimate of drug-likeness (QED) is 0.0183. The number of methoxy groups -OCH3 is 1. The molecule has 558 valence electrons. The van der Waals surface area contributed by atoms with Crippen molar-refractivity contribution in [1.29, 1.82) is 0 Å². The van der Waals surface area contributed by atoms with E-state index < -0.39 is 135 Å². The average Bonchev–Trinajstić information content (AvgIpc) is 1.38. The molecule has 104 heavy (non-hydrogen) atoms. The van der Waals surface area contributed by atoms with E-state index in [4.69, 9.17) is 34.1 Å². The second kappa shape index (κ2) is 33.3. The number of phenolic OH excluding ortho intramolecular Hbond substituents is 2. The number of ether oxygens (including phenoxy) is 4. The van der Waals surface area contributed by atoms with Crippen molar-refractivity contribution in [1.82, 2.24) is 30.7 Å². The first-order chi connectivity index (χ1) is 49.3. The molecule has 30 heteroatoms. The van der Waals surface area contributed by atoms with Crippen LogP contribution >= 0.6 is 0 Å². The summed E-state index contributed by atoms with van der Waals surface area (Å²) >= 11 is 0. The summed E-state index contributed by atoms with van der Waals surface area (Å²) in [6, 6.07) is 6.52. The SMILES string of the molecule is CO[C@H]1/C=C/O[C@@]2(C)Oc3c(C)c(O)c4c(=O)c(c5oc6cc(N7CCN(C(=O)OCc8ccc(NC(=O)[C@H](CCCNC(N)=O)NC(=O)[C@@H](NC(=O)CCCCCN9C(=O)C=CC9=O)C(C)C)cc8)CC7)cc(O)c6nc-5c4c3C2=O)NC(=O)/C(C)=C\C=C\[C@H](C)[C@H](O)[C@@H](C)[C@@H](O)[C@@H](C)[C@H](O)[C@@H]1C. The zero-order valence-electron chi connectivity index (χ0n) is 59.8. The normalized spacial score (nSPS) is 24.2. The van der Waals surface area contributed by atoms with Gasteiger partial charge in [-0.15, -0.1) is 0 Å². The number of ketones is 1. The lowest BCUT2D eigenvalue weighted by Crippen LogP contribution is -2.54. The molecule has 11 atom stereocenters. The van der Waals surface area contributed by atoms with E-state index in [0.717, 1.165) is 11.2 Å². The summed E-state index contributed by atoms with van der Waals surface area (Å²) in [7, 11) is 1.41. The van der Waals surface area contributed by atoms with Crippen LogP contribution in [0.15, 0.2) is 93.9 Å². The topological polar surface area (TPSA) is 431 Å². The summed E-state index contributed by atoms with van der Waals surface area (Å²) in [5, 5.41) is 71.0. The number of amides is 9. The van der Waals surface area contributed by atoms with Gasteiger partial charge in [0.2, 0.25) is 23.2 Å². The number of aromatic nitrogens is 1.